The van der Waals surface area contributed by atoms with Crippen molar-refractivity contribution in [2.24, 2.45) is 5.73 Å². The molecule has 0 amide bonds. The van der Waals surface area contributed by atoms with Crippen LogP contribution < -0.4 is 5.73 Å². The quantitative estimate of drug-likeness (QED) is 0.872. The van der Waals surface area contributed by atoms with Crippen molar-refractivity contribution >= 4 is 12.4 Å². The molecule has 17 heavy (non-hydrogen) atoms. The SMILES string of the molecule is Cl.NCCc1ncc(-c2ccccc2O)cn1. The summed E-state index contributed by atoms with van der Waals surface area (Å²) in [6.45, 7) is 0.538. The monoisotopic (exact) mass is 251 g/mol. The van der Waals surface area contributed by atoms with Crippen LogP contribution in [0.5, 0.6) is 5.75 Å². The lowest BCUT2D eigenvalue weighted by atomic mass is 10.1. The first-order chi connectivity index (χ1) is 7.81. The third-order valence-electron chi connectivity index (χ3n) is 2.29. The normalized spacial score (nSPS) is 9.71. The number of phenols is 1. The van der Waals surface area contributed by atoms with Gasteiger partial charge in [-0.3, -0.25) is 0 Å². The molecule has 4 nitrogen and oxygen atoms in total. The number of halogens is 1. The summed E-state index contributed by atoms with van der Waals surface area (Å²) in [5.41, 5.74) is 6.96. The highest BCUT2D eigenvalue weighted by Gasteiger charge is 2.04. The number of aromatic hydroxyl groups is 1. The Morgan fingerprint density at radius 3 is 2.35 bits per heavy atom. The van der Waals surface area contributed by atoms with Crippen LogP contribution in [-0.4, -0.2) is 21.6 Å². The smallest absolute Gasteiger partial charge is 0.129 e. The van der Waals surface area contributed by atoms with Crippen LogP contribution >= 0.6 is 12.4 Å². The van der Waals surface area contributed by atoms with Gasteiger partial charge in [0.1, 0.15) is 11.6 Å². The summed E-state index contributed by atoms with van der Waals surface area (Å²) in [5.74, 6) is 0.958. The van der Waals surface area contributed by atoms with E-state index in [1.165, 1.54) is 0 Å². The maximum atomic E-state index is 9.66. The minimum absolute atomic E-state index is 0. The lowest BCUT2D eigenvalue weighted by molar-refractivity contribution is 0.477. The highest BCUT2D eigenvalue weighted by atomic mass is 35.5. The van der Waals surface area contributed by atoms with Crippen molar-refractivity contribution in [2.45, 2.75) is 6.42 Å². The van der Waals surface area contributed by atoms with Crippen molar-refractivity contribution in [3.05, 3.63) is 42.5 Å². The summed E-state index contributed by atoms with van der Waals surface area (Å²) < 4.78 is 0. The standard InChI is InChI=1S/C12H13N3O.ClH/c13-6-5-12-14-7-9(8-15-12)10-3-1-2-4-11(10)16;/h1-4,7-8,16H,5-6,13H2;1H. The summed E-state index contributed by atoms with van der Waals surface area (Å²) in [7, 11) is 0. The maximum absolute atomic E-state index is 9.66. The second kappa shape index (κ2) is 6.18. The second-order valence-corrected chi connectivity index (χ2v) is 3.44. The van der Waals surface area contributed by atoms with Gasteiger partial charge in [-0.2, -0.15) is 0 Å². The lowest BCUT2D eigenvalue weighted by Crippen LogP contribution is -2.06. The lowest BCUT2D eigenvalue weighted by Gasteiger charge is -2.04. The molecule has 1 aromatic heterocycles. The molecule has 0 aliphatic rings. The number of aromatic nitrogens is 2. The van der Waals surface area contributed by atoms with Gasteiger partial charge in [0.25, 0.3) is 0 Å². The molecule has 0 spiro atoms. The van der Waals surface area contributed by atoms with E-state index >= 15 is 0 Å². The minimum Gasteiger partial charge on any atom is -0.507 e. The van der Waals surface area contributed by atoms with E-state index in [1.54, 1.807) is 24.5 Å². The molecule has 90 valence electrons. The van der Waals surface area contributed by atoms with Crippen molar-refractivity contribution in [1.82, 2.24) is 9.97 Å². The minimum atomic E-state index is 0. The van der Waals surface area contributed by atoms with E-state index in [0.717, 1.165) is 17.0 Å². The van der Waals surface area contributed by atoms with Gasteiger partial charge in [-0.05, 0) is 12.6 Å². The fourth-order valence-electron chi connectivity index (χ4n) is 1.47. The summed E-state index contributed by atoms with van der Waals surface area (Å²) in [6.07, 6.45) is 4.07. The Kier molecular flexibility index (Phi) is 4.87. The van der Waals surface area contributed by atoms with Crippen LogP contribution in [0.4, 0.5) is 0 Å². The van der Waals surface area contributed by atoms with Crippen molar-refractivity contribution in [3.63, 3.8) is 0 Å². The van der Waals surface area contributed by atoms with Crippen molar-refractivity contribution in [3.8, 4) is 16.9 Å². The summed E-state index contributed by atoms with van der Waals surface area (Å²) >= 11 is 0. The van der Waals surface area contributed by atoms with E-state index in [9.17, 15) is 5.11 Å². The van der Waals surface area contributed by atoms with Gasteiger partial charge in [-0.25, -0.2) is 9.97 Å². The number of phenolic OH excluding ortho intramolecular Hbond substituents is 1. The van der Waals surface area contributed by atoms with Gasteiger partial charge in [0.15, 0.2) is 0 Å². The Hall–Kier alpha value is -1.65. The first-order valence-electron chi connectivity index (χ1n) is 5.10. The van der Waals surface area contributed by atoms with E-state index in [0.29, 0.717) is 13.0 Å². The molecule has 5 heteroatoms. The van der Waals surface area contributed by atoms with Gasteiger partial charge in [-0.1, -0.05) is 18.2 Å². The summed E-state index contributed by atoms with van der Waals surface area (Å²) in [5, 5.41) is 9.66. The van der Waals surface area contributed by atoms with E-state index < -0.39 is 0 Å². The van der Waals surface area contributed by atoms with Gasteiger partial charge in [0.2, 0.25) is 0 Å². The molecule has 0 fully saturated rings. The van der Waals surface area contributed by atoms with Crippen LogP contribution in [0, 0.1) is 0 Å². The maximum Gasteiger partial charge on any atom is 0.129 e. The molecule has 1 aromatic carbocycles. The first kappa shape index (κ1) is 13.4. The average Bonchev–Trinajstić information content (AvgIpc) is 2.31. The largest absolute Gasteiger partial charge is 0.507 e. The number of nitrogens with zero attached hydrogens (tertiary/aromatic N) is 2. The number of benzene rings is 1. The number of nitrogens with two attached hydrogens (primary N) is 1. The molecule has 0 saturated carbocycles. The van der Waals surface area contributed by atoms with Gasteiger partial charge < -0.3 is 10.8 Å². The molecule has 0 bridgehead atoms. The average molecular weight is 252 g/mol. The number of rotatable bonds is 3. The fourth-order valence-corrected chi connectivity index (χ4v) is 1.47. The van der Waals surface area contributed by atoms with Crippen LogP contribution in [0.25, 0.3) is 11.1 Å². The molecule has 0 atom stereocenters. The Labute approximate surface area is 106 Å². The topological polar surface area (TPSA) is 72.0 Å². The van der Waals surface area contributed by atoms with E-state index in [2.05, 4.69) is 9.97 Å². The van der Waals surface area contributed by atoms with Crippen molar-refractivity contribution < 1.29 is 5.11 Å². The van der Waals surface area contributed by atoms with Crippen LogP contribution in [0.2, 0.25) is 0 Å². The molecule has 0 aliphatic carbocycles. The number of hydrogen-bond donors (Lipinski definition) is 2. The number of para-hydroxylation sites is 1. The van der Waals surface area contributed by atoms with Crippen molar-refractivity contribution in [1.29, 1.82) is 0 Å². The van der Waals surface area contributed by atoms with Crippen LogP contribution in [0.3, 0.4) is 0 Å². The molecule has 0 unspecified atom stereocenters. The first-order valence-corrected chi connectivity index (χ1v) is 5.10. The van der Waals surface area contributed by atoms with Crippen LogP contribution in [0.1, 0.15) is 5.82 Å². The van der Waals surface area contributed by atoms with Crippen LogP contribution in [0.15, 0.2) is 36.7 Å². The fraction of sp³-hybridized carbons (Fsp3) is 0.167. The highest BCUT2D eigenvalue weighted by Crippen LogP contribution is 2.27. The molecule has 0 aliphatic heterocycles. The predicted octanol–water partition coefficient (Wildman–Crippen LogP) is 1.77. The van der Waals surface area contributed by atoms with Crippen LogP contribution in [-0.2, 0) is 6.42 Å². The molecule has 2 rings (SSSR count). The zero-order valence-corrected chi connectivity index (χ0v) is 10.0. The Morgan fingerprint density at radius 1 is 1.12 bits per heavy atom. The zero-order chi connectivity index (χ0) is 11.4. The molecule has 2 aromatic rings. The van der Waals surface area contributed by atoms with Gasteiger partial charge >= 0.3 is 0 Å². The van der Waals surface area contributed by atoms with E-state index in [4.69, 9.17) is 5.73 Å². The van der Waals surface area contributed by atoms with Crippen molar-refractivity contribution in [2.75, 3.05) is 6.54 Å². The van der Waals surface area contributed by atoms with Gasteiger partial charge in [0.05, 0.1) is 0 Å². The number of hydrogen-bond acceptors (Lipinski definition) is 4. The summed E-state index contributed by atoms with van der Waals surface area (Å²) in [4.78, 5) is 8.37. The Morgan fingerprint density at radius 2 is 1.76 bits per heavy atom. The van der Waals surface area contributed by atoms with E-state index in [-0.39, 0.29) is 18.2 Å². The Bertz CT molecular complexity index is 473. The molecule has 3 N–H and O–H groups in total. The van der Waals surface area contributed by atoms with E-state index in [1.807, 2.05) is 12.1 Å². The highest BCUT2D eigenvalue weighted by molar-refractivity contribution is 5.85. The third-order valence-corrected chi connectivity index (χ3v) is 2.29. The Balaban J connectivity index is 0.00000144. The molecule has 0 radical (unpaired) electrons. The van der Waals surface area contributed by atoms with Gasteiger partial charge in [-0.15, -0.1) is 12.4 Å². The predicted molar refractivity (Wildman–Crippen MR) is 69.1 cm³/mol. The molecular formula is C12H14ClN3O. The summed E-state index contributed by atoms with van der Waals surface area (Å²) in [6, 6.07) is 7.12. The molecular weight excluding hydrogens is 238 g/mol. The molecule has 0 saturated heterocycles. The molecule has 1 heterocycles. The third kappa shape index (κ3) is 3.15. The zero-order valence-electron chi connectivity index (χ0n) is 9.21. The second-order valence-electron chi connectivity index (χ2n) is 3.44. The van der Waals surface area contributed by atoms with Gasteiger partial charge in [0, 0.05) is 29.9 Å².